The molecule has 0 aromatic heterocycles. The predicted molar refractivity (Wildman–Crippen MR) is 312 cm³/mol. The summed E-state index contributed by atoms with van der Waals surface area (Å²) in [7, 11) is 0. The number of carbonyl (C=O) groups is 3. The Hall–Kier alpha value is -8.01. The highest BCUT2D eigenvalue weighted by Crippen LogP contribution is 2.61. The molecule has 0 atom stereocenters. The van der Waals surface area contributed by atoms with Crippen LogP contribution in [0.25, 0.3) is 99.1 Å². The molecule has 10 aromatic rings. The second-order valence-electron chi connectivity index (χ2n) is 24.6. The van der Waals surface area contributed by atoms with Crippen LogP contribution in [0, 0.1) is 0 Å². The average molecular weight is 973 g/mol. The second kappa shape index (κ2) is 16.5. The molecule has 0 unspecified atom stereocenters. The number of hydrogen-bond acceptors (Lipinski definition) is 3. The van der Waals surface area contributed by atoms with E-state index in [9.17, 15) is 14.4 Å². The van der Waals surface area contributed by atoms with E-state index in [2.05, 4.69) is 172 Å². The zero-order valence-electron chi connectivity index (χ0n) is 44.4. The number of fused-ring (bicyclic) bond motifs is 15. The minimum absolute atomic E-state index is 0.186. The van der Waals surface area contributed by atoms with E-state index in [1.54, 1.807) is 0 Å². The van der Waals surface area contributed by atoms with E-state index in [0.29, 0.717) is 16.7 Å². The first-order valence-corrected chi connectivity index (χ1v) is 26.6. The van der Waals surface area contributed by atoms with Crippen molar-refractivity contribution in [3.05, 3.63) is 212 Å². The molecule has 0 saturated carbocycles. The predicted octanol–water partition coefficient (Wildman–Crippen LogP) is 18.2. The summed E-state index contributed by atoms with van der Waals surface area (Å²) in [6, 6.07) is 52.4. The van der Waals surface area contributed by atoms with E-state index in [4.69, 9.17) is 0 Å². The van der Waals surface area contributed by atoms with Crippen LogP contribution in [0.5, 0.6) is 0 Å². The van der Waals surface area contributed by atoms with Crippen molar-refractivity contribution < 1.29 is 14.4 Å². The molecule has 10 aromatic carbocycles. The van der Waals surface area contributed by atoms with Gasteiger partial charge in [0, 0.05) is 32.8 Å². The Morgan fingerprint density at radius 1 is 0.293 bits per heavy atom. The van der Waals surface area contributed by atoms with Crippen LogP contribution in [0.2, 0.25) is 0 Å². The molecule has 0 radical (unpaired) electrons. The van der Waals surface area contributed by atoms with Crippen molar-refractivity contribution in [1.82, 2.24) is 0 Å². The van der Waals surface area contributed by atoms with Crippen molar-refractivity contribution in [2.75, 3.05) is 0 Å². The molecule has 3 aliphatic rings. The molecule has 0 fully saturated rings. The molecule has 3 aliphatic carbocycles. The molecule has 75 heavy (non-hydrogen) atoms. The Morgan fingerprint density at radius 2 is 0.533 bits per heavy atom. The molecule has 0 N–H and O–H groups in total. The quantitative estimate of drug-likeness (QED) is 0.156. The fourth-order valence-corrected chi connectivity index (χ4v) is 13.3. The van der Waals surface area contributed by atoms with E-state index in [1.165, 1.54) is 100 Å². The summed E-state index contributed by atoms with van der Waals surface area (Å²) in [5, 5.41) is 6.11. The van der Waals surface area contributed by atoms with Gasteiger partial charge in [-0.2, -0.15) is 0 Å². The summed E-state index contributed by atoms with van der Waals surface area (Å²) < 4.78 is 0. The zero-order chi connectivity index (χ0) is 52.0. The molecule has 0 saturated heterocycles. The van der Waals surface area contributed by atoms with E-state index in [0.717, 1.165) is 87.1 Å². The first kappa shape index (κ1) is 46.8. The van der Waals surface area contributed by atoms with Crippen LogP contribution in [-0.2, 0) is 35.5 Å². The Morgan fingerprint density at radius 3 is 0.773 bits per heavy atom. The summed E-state index contributed by atoms with van der Waals surface area (Å²) in [5.41, 5.74) is 27.9. The Balaban J connectivity index is 1.18. The largest absolute Gasteiger partial charge is 0.298 e. The maximum atomic E-state index is 12.9. The van der Waals surface area contributed by atoms with Gasteiger partial charge in [-0.25, -0.2) is 0 Å². The fraction of sp³-hybridized carbons (Fsp3) is 0.208. The first-order chi connectivity index (χ1) is 36.0. The lowest BCUT2D eigenvalue weighted by Crippen LogP contribution is -2.12. The third-order valence-corrected chi connectivity index (χ3v) is 17.1. The van der Waals surface area contributed by atoms with Crippen molar-refractivity contribution >= 4 is 51.2 Å². The minimum Gasteiger partial charge on any atom is -0.298 e. The molecule has 0 bridgehead atoms. The molecular weight excluding hydrogens is 913 g/mol. The van der Waals surface area contributed by atoms with Gasteiger partial charge in [0.1, 0.15) is 0 Å². The molecule has 3 nitrogen and oxygen atoms in total. The third kappa shape index (κ3) is 7.03. The molecule has 0 heterocycles. The molecule has 13 rings (SSSR count). The van der Waals surface area contributed by atoms with Gasteiger partial charge in [0.25, 0.3) is 0 Å². The van der Waals surface area contributed by atoms with Crippen LogP contribution in [0.15, 0.2) is 146 Å². The van der Waals surface area contributed by atoms with Crippen molar-refractivity contribution in [2.24, 2.45) is 0 Å². The van der Waals surface area contributed by atoms with Gasteiger partial charge >= 0.3 is 0 Å². The van der Waals surface area contributed by atoms with Crippen LogP contribution < -0.4 is 0 Å². The lowest BCUT2D eigenvalue weighted by molar-refractivity contribution is 0.111. The fourth-order valence-electron chi connectivity index (χ4n) is 13.3. The molecule has 3 heteroatoms. The molecule has 0 aliphatic heterocycles. The van der Waals surface area contributed by atoms with Crippen LogP contribution in [0.3, 0.4) is 0 Å². The maximum absolute atomic E-state index is 12.9. The lowest BCUT2D eigenvalue weighted by Gasteiger charge is -2.24. The van der Waals surface area contributed by atoms with Gasteiger partial charge in [-0.15, -0.1) is 0 Å². The van der Waals surface area contributed by atoms with Gasteiger partial charge in [0.2, 0.25) is 0 Å². The SMILES string of the molecule is CC(C)(C)c1cc2c(c(-c3cccc4cccc(C=O)c34)c1)Cc1c-2c2c(c3c1-c1cc(C(C)(C)C)cc(-c4cccc5cccc(C=O)c45)c1C3)-c1cc(C(C)(C)C)cc(-c3cccc4cccc(C=O)c34)c1C2. The van der Waals surface area contributed by atoms with Crippen LogP contribution >= 0.6 is 0 Å². The van der Waals surface area contributed by atoms with Gasteiger partial charge in [0.05, 0.1) is 0 Å². The highest BCUT2D eigenvalue weighted by molar-refractivity contribution is 6.13. The summed E-state index contributed by atoms with van der Waals surface area (Å²) in [5.74, 6) is 0. The summed E-state index contributed by atoms with van der Waals surface area (Å²) in [4.78, 5) is 38.8. The van der Waals surface area contributed by atoms with Crippen molar-refractivity contribution in [3.8, 4) is 66.8 Å². The second-order valence-corrected chi connectivity index (χ2v) is 24.6. The van der Waals surface area contributed by atoms with Gasteiger partial charge in [0.15, 0.2) is 18.9 Å². The monoisotopic (exact) mass is 972 g/mol. The van der Waals surface area contributed by atoms with E-state index in [-0.39, 0.29) is 16.2 Å². The van der Waals surface area contributed by atoms with Crippen LogP contribution in [0.1, 0.15) is 143 Å². The molecule has 0 spiro atoms. The summed E-state index contributed by atoms with van der Waals surface area (Å²) in [6.45, 7) is 20.8. The number of rotatable bonds is 6. The topological polar surface area (TPSA) is 51.2 Å². The van der Waals surface area contributed by atoms with Crippen LogP contribution in [-0.4, -0.2) is 18.9 Å². The Labute approximate surface area is 440 Å². The average Bonchev–Trinajstić information content (AvgIpc) is 4.10. The van der Waals surface area contributed by atoms with E-state index < -0.39 is 0 Å². The number of benzene rings is 10. The minimum atomic E-state index is -0.186. The first-order valence-electron chi connectivity index (χ1n) is 26.6. The third-order valence-electron chi connectivity index (χ3n) is 17.1. The highest BCUT2D eigenvalue weighted by atomic mass is 16.1. The van der Waals surface area contributed by atoms with Crippen molar-refractivity contribution in [3.63, 3.8) is 0 Å². The smallest absolute Gasteiger partial charge is 0.150 e. The van der Waals surface area contributed by atoms with E-state index >= 15 is 0 Å². The standard InChI is InChI=1S/C72H60O3/c1-70(2,3)46-28-52(49-25-13-19-40-16-10-22-43(37-73)64(40)49)55-34-61-67(58(55)31-46)62-35-56-53(50-26-14-20-41-17-11-23-44(38-74)65(41)50)29-47(71(4,5)6)32-59(56)69(62)63-36-57-54(30-48(72(7,8)9)33-60(57)68(61)63)51-27-15-21-42-18-12-24-45(39-75)66(42)51/h10-33,37-39H,34-36H2,1-9H3. The molecule has 366 valence electrons. The highest BCUT2D eigenvalue weighted by Gasteiger charge is 2.41. The maximum Gasteiger partial charge on any atom is 0.150 e. The number of aldehydes is 3. The van der Waals surface area contributed by atoms with Crippen LogP contribution in [0.4, 0.5) is 0 Å². The summed E-state index contributed by atoms with van der Waals surface area (Å²) in [6.07, 6.45) is 5.25. The Kier molecular flexibility index (Phi) is 10.3. The summed E-state index contributed by atoms with van der Waals surface area (Å²) >= 11 is 0. The van der Waals surface area contributed by atoms with Gasteiger partial charge in [-0.05, 0) is 168 Å². The van der Waals surface area contributed by atoms with Crippen molar-refractivity contribution in [2.45, 2.75) is 97.8 Å². The normalized spacial score (nSPS) is 13.4. The van der Waals surface area contributed by atoms with Gasteiger partial charge in [-0.3, -0.25) is 14.4 Å². The lowest BCUT2D eigenvalue weighted by atomic mass is 9.80. The van der Waals surface area contributed by atoms with E-state index in [1.807, 2.05) is 36.4 Å². The zero-order valence-corrected chi connectivity index (χ0v) is 44.4. The van der Waals surface area contributed by atoms with Crippen molar-refractivity contribution in [1.29, 1.82) is 0 Å². The Bertz CT molecular complexity index is 3730. The number of carbonyl (C=O) groups excluding carboxylic acids is 3. The number of hydrogen-bond donors (Lipinski definition) is 0. The molecular formula is C72H60O3. The van der Waals surface area contributed by atoms with Gasteiger partial charge in [-0.1, -0.05) is 208 Å². The molecule has 0 amide bonds. The van der Waals surface area contributed by atoms with Gasteiger partial charge < -0.3 is 0 Å².